The fraction of sp³-hybridized carbons (Fsp3) is 1.00. The lowest BCUT2D eigenvalue weighted by atomic mass is 9.97. The van der Waals surface area contributed by atoms with E-state index < -0.39 is 0 Å². The van der Waals surface area contributed by atoms with Crippen LogP contribution in [0.4, 0.5) is 0 Å². The number of ether oxygens (including phenoxy) is 1. The second-order valence-electron chi connectivity index (χ2n) is 4.63. The van der Waals surface area contributed by atoms with E-state index in [1.807, 2.05) is 0 Å². The normalized spacial score (nSPS) is 25.8. The van der Waals surface area contributed by atoms with Gasteiger partial charge in [-0.2, -0.15) is 0 Å². The van der Waals surface area contributed by atoms with Gasteiger partial charge in [-0.3, -0.25) is 4.90 Å². The molecule has 1 aliphatic heterocycles. The molecule has 1 fully saturated rings. The van der Waals surface area contributed by atoms with Crippen LogP contribution in [0.3, 0.4) is 0 Å². The van der Waals surface area contributed by atoms with E-state index in [1.165, 1.54) is 0 Å². The second kappa shape index (κ2) is 6.46. The molecule has 1 aliphatic rings. The van der Waals surface area contributed by atoms with Crippen LogP contribution in [-0.2, 0) is 4.74 Å². The average Bonchev–Trinajstić information content (AvgIpc) is 2.25. The van der Waals surface area contributed by atoms with Gasteiger partial charge in [0.1, 0.15) is 0 Å². The van der Waals surface area contributed by atoms with Crippen molar-refractivity contribution in [3.8, 4) is 0 Å². The molecule has 0 radical (unpaired) electrons. The molecule has 3 nitrogen and oxygen atoms in total. The summed E-state index contributed by atoms with van der Waals surface area (Å²) < 4.78 is 5.88. The lowest BCUT2D eigenvalue weighted by Gasteiger charge is -2.38. The maximum atomic E-state index is 5.88. The fourth-order valence-corrected chi connectivity index (χ4v) is 2.27. The van der Waals surface area contributed by atoms with E-state index >= 15 is 0 Å². The minimum absolute atomic E-state index is 0.360. The quantitative estimate of drug-likeness (QED) is 0.747. The van der Waals surface area contributed by atoms with Crippen LogP contribution in [0.2, 0.25) is 0 Å². The molecule has 2 unspecified atom stereocenters. The lowest BCUT2D eigenvalue weighted by Crippen LogP contribution is -2.54. The molecule has 1 rings (SSSR count). The van der Waals surface area contributed by atoms with Crippen molar-refractivity contribution in [1.82, 2.24) is 10.2 Å². The van der Waals surface area contributed by atoms with E-state index in [-0.39, 0.29) is 0 Å². The van der Waals surface area contributed by atoms with Crippen molar-refractivity contribution in [1.29, 1.82) is 0 Å². The monoisotopic (exact) mass is 214 g/mol. The highest BCUT2D eigenvalue weighted by Crippen LogP contribution is 2.14. The minimum atomic E-state index is 0.360. The Balaban J connectivity index is 2.50. The van der Waals surface area contributed by atoms with E-state index in [9.17, 15) is 0 Å². The zero-order valence-corrected chi connectivity index (χ0v) is 10.6. The van der Waals surface area contributed by atoms with Crippen LogP contribution in [0.15, 0.2) is 0 Å². The predicted octanol–water partition coefficient (Wildman–Crippen LogP) is 1.34. The van der Waals surface area contributed by atoms with Gasteiger partial charge >= 0.3 is 0 Å². The Morgan fingerprint density at radius 3 is 2.67 bits per heavy atom. The SMILES string of the molecule is CCNC(C(C)C)C1CN(CC)CCO1. The van der Waals surface area contributed by atoms with Gasteiger partial charge in [0, 0.05) is 19.1 Å². The Bertz CT molecular complexity index is 173. The predicted molar refractivity (Wildman–Crippen MR) is 64.2 cm³/mol. The summed E-state index contributed by atoms with van der Waals surface area (Å²) in [6.45, 7) is 14.1. The van der Waals surface area contributed by atoms with E-state index in [2.05, 4.69) is 37.9 Å². The summed E-state index contributed by atoms with van der Waals surface area (Å²) in [6, 6.07) is 0.490. The number of morpholine rings is 1. The molecular formula is C12H26N2O. The summed E-state index contributed by atoms with van der Waals surface area (Å²) in [4.78, 5) is 2.47. The number of hydrogen-bond donors (Lipinski definition) is 1. The maximum Gasteiger partial charge on any atom is 0.0857 e. The van der Waals surface area contributed by atoms with Gasteiger partial charge in [-0.15, -0.1) is 0 Å². The van der Waals surface area contributed by atoms with Crippen LogP contribution in [0.1, 0.15) is 27.7 Å². The first kappa shape index (κ1) is 12.9. The molecule has 0 aromatic carbocycles. The number of nitrogens with one attached hydrogen (secondary N) is 1. The van der Waals surface area contributed by atoms with Crippen molar-refractivity contribution in [3.05, 3.63) is 0 Å². The molecule has 1 heterocycles. The Labute approximate surface area is 94.2 Å². The van der Waals surface area contributed by atoms with Crippen LogP contribution in [-0.4, -0.2) is 49.8 Å². The summed E-state index contributed by atoms with van der Waals surface area (Å²) in [6.07, 6.45) is 0.360. The molecule has 1 saturated heterocycles. The van der Waals surface area contributed by atoms with Gasteiger partial charge in [0.15, 0.2) is 0 Å². The molecule has 0 bridgehead atoms. The Morgan fingerprint density at radius 1 is 1.40 bits per heavy atom. The molecule has 90 valence electrons. The fourth-order valence-electron chi connectivity index (χ4n) is 2.27. The molecule has 0 aromatic rings. The maximum absolute atomic E-state index is 5.88. The largest absolute Gasteiger partial charge is 0.374 e. The van der Waals surface area contributed by atoms with Crippen molar-refractivity contribution in [3.63, 3.8) is 0 Å². The number of nitrogens with zero attached hydrogens (tertiary/aromatic N) is 1. The van der Waals surface area contributed by atoms with Crippen molar-refractivity contribution in [2.45, 2.75) is 39.8 Å². The molecule has 0 spiro atoms. The van der Waals surface area contributed by atoms with Crippen LogP contribution < -0.4 is 5.32 Å². The van der Waals surface area contributed by atoms with Gasteiger partial charge in [0.05, 0.1) is 12.7 Å². The summed E-state index contributed by atoms with van der Waals surface area (Å²) in [7, 11) is 0. The van der Waals surface area contributed by atoms with E-state index in [0.29, 0.717) is 18.1 Å². The summed E-state index contributed by atoms with van der Waals surface area (Å²) in [5, 5.41) is 3.54. The first-order chi connectivity index (χ1) is 7.19. The zero-order chi connectivity index (χ0) is 11.3. The van der Waals surface area contributed by atoms with E-state index in [1.54, 1.807) is 0 Å². The molecule has 0 saturated carbocycles. The van der Waals surface area contributed by atoms with Gasteiger partial charge in [0.25, 0.3) is 0 Å². The molecule has 0 aliphatic carbocycles. The van der Waals surface area contributed by atoms with Gasteiger partial charge in [-0.1, -0.05) is 27.7 Å². The molecule has 15 heavy (non-hydrogen) atoms. The topological polar surface area (TPSA) is 24.5 Å². The third-order valence-corrected chi connectivity index (χ3v) is 3.18. The van der Waals surface area contributed by atoms with E-state index in [4.69, 9.17) is 4.74 Å². The first-order valence-corrected chi connectivity index (χ1v) is 6.26. The highest BCUT2D eigenvalue weighted by Gasteiger charge is 2.28. The summed E-state index contributed by atoms with van der Waals surface area (Å²) in [5.74, 6) is 0.631. The van der Waals surface area contributed by atoms with Crippen molar-refractivity contribution < 1.29 is 4.74 Å². The van der Waals surface area contributed by atoms with Crippen molar-refractivity contribution in [2.24, 2.45) is 5.92 Å². The summed E-state index contributed by atoms with van der Waals surface area (Å²) in [5.41, 5.74) is 0. The molecule has 1 N–H and O–H groups in total. The second-order valence-corrected chi connectivity index (χ2v) is 4.63. The highest BCUT2D eigenvalue weighted by atomic mass is 16.5. The zero-order valence-electron chi connectivity index (χ0n) is 10.6. The van der Waals surface area contributed by atoms with Crippen LogP contribution in [0, 0.1) is 5.92 Å². The van der Waals surface area contributed by atoms with Gasteiger partial charge in [0.2, 0.25) is 0 Å². The Hall–Kier alpha value is -0.120. The van der Waals surface area contributed by atoms with Crippen molar-refractivity contribution >= 4 is 0 Å². The minimum Gasteiger partial charge on any atom is -0.374 e. The van der Waals surface area contributed by atoms with Crippen LogP contribution >= 0.6 is 0 Å². The Morgan fingerprint density at radius 2 is 2.13 bits per heavy atom. The summed E-state index contributed by atoms with van der Waals surface area (Å²) >= 11 is 0. The molecular weight excluding hydrogens is 188 g/mol. The van der Waals surface area contributed by atoms with Crippen LogP contribution in [0.25, 0.3) is 0 Å². The van der Waals surface area contributed by atoms with Gasteiger partial charge < -0.3 is 10.1 Å². The molecule has 0 aromatic heterocycles. The number of hydrogen-bond acceptors (Lipinski definition) is 3. The molecule has 0 amide bonds. The average molecular weight is 214 g/mol. The van der Waals surface area contributed by atoms with Gasteiger partial charge in [-0.25, -0.2) is 0 Å². The third-order valence-electron chi connectivity index (χ3n) is 3.18. The van der Waals surface area contributed by atoms with Crippen molar-refractivity contribution in [2.75, 3.05) is 32.8 Å². The highest BCUT2D eigenvalue weighted by molar-refractivity contribution is 4.84. The Kier molecular flexibility index (Phi) is 5.58. The molecule has 2 atom stereocenters. The number of likely N-dealkylation sites (N-methyl/N-ethyl adjacent to an activating group) is 2. The van der Waals surface area contributed by atoms with Crippen LogP contribution in [0.5, 0.6) is 0 Å². The lowest BCUT2D eigenvalue weighted by molar-refractivity contribution is -0.0522. The molecule has 3 heteroatoms. The third kappa shape index (κ3) is 3.74. The standard InChI is InChI=1S/C12H26N2O/c1-5-13-12(10(3)4)11-9-14(6-2)7-8-15-11/h10-13H,5-9H2,1-4H3. The van der Waals surface area contributed by atoms with E-state index in [0.717, 1.165) is 32.8 Å². The van der Waals surface area contributed by atoms with Gasteiger partial charge in [-0.05, 0) is 19.0 Å². The number of rotatable bonds is 5. The smallest absolute Gasteiger partial charge is 0.0857 e. The first-order valence-electron chi connectivity index (χ1n) is 6.26.